The molecule has 1 saturated heterocycles. The number of hydrogen-bond donors (Lipinski definition) is 3. The predicted molar refractivity (Wildman–Crippen MR) is 76.4 cm³/mol. The molecule has 0 bridgehead atoms. The fourth-order valence-electron chi connectivity index (χ4n) is 2.22. The maximum absolute atomic E-state index is 12.5. The third kappa shape index (κ3) is 3.18. The van der Waals surface area contributed by atoms with Gasteiger partial charge < -0.3 is 15.0 Å². The SMILES string of the molecule is CCCC1SCC(C(=O)O)N1C(=O)c1cc(=O)[nH]c(=O)[nH]1. The van der Waals surface area contributed by atoms with Crippen LogP contribution in [0.25, 0.3) is 0 Å². The summed E-state index contributed by atoms with van der Waals surface area (Å²) in [7, 11) is 0. The zero-order chi connectivity index (χ0) is 15.6. The molecule has 1 aromatic rings. The summed E-state index contributed by atoms with van der Waals surface area (Å²) >= 11 is 1.39. The summed E-state index contributed by atoms with van der Waals surface area (Å²) in [6.07, 6.45) is 1.44. The first-order valence-electron chi connectivity index (χ1n) is 6.44. The number of carboxylic acids is 1. The van der Waals surface area contributed by atoms with E-state index in [2.05, 4.69) is 4.98 Å². The van der Waals surface area contributed by atoms with E-state index in [1.807, 2.05) is 11.9 Å². The number of carbonyl (C=O) groups excluding carboxylic acids is 1. The first-order chi connectivity index (χ1) is 9.93. The molecule has 114 valence electrons. The molecule has 8 nitrogen and oxygen atoms in total. The van der Waals surface area contributed by atoms with Crippen molar-refractivity contribution in [3.05, 3.63) is 32.6 Å². The van der Waals surface area contributed by atoms with Gasteiger partial charge in [0.15, 0.2) is 0 Å². The Hall–Kier alpha value is -2.03. The molecule has 1 fully saturated rings. The van der Waals surface area contributed by atoms with Crippen molar-refractivity contribution in [3.63, 3.8) is 0 Å². The van der Waals surface area contributed by atoms with Crippen molar-refractivity contribution in [1.29, 1.82) is 0 Å². The lowest BCUT2D eigenvalue weighted by molar-refractivity contribution is -0.141. The van der Waals surface area contributed by atoms with Gasteiger partial charge in [0.2, 0.25) is 0 Å². The minimum atomic E-state index is -1.10. The van der Waals surface area contributed by atoms with Crippen LogP contribution in [0, 0.1) is 0 Å². The number of hydrogen-bond acceptors (Lipinski definition) is 5. The normalized spacial score (nSPS) is 21.5. The van der Waals surface area contributed by atoms with Crippen LogP contribution in [0.1, 0.15) is 30.3 Å². The van der Waals surface area contributed by atoms with Gasteiger partial charge in [-0.05, 0) is 6.42 Å². The molecule has 0 saturated carbocycles. The average molecular weight is 313 g/mol. The molecule has 2 atom stereocenters. The number of aromatic nitrogens is 2. The minimum absolute atomic E-state index is 0.196. The molecule has 2 rings (SSSR count). The number of rotatable bonds is 4. The van der Waals surface area contributed by atoms with Crippen molar-refractivity contribution in [2.75, 3.05) is 5.75 Å². The molecule has 2 heterocycles. The maximum Gasteiger partial charge on any atom is 0.327 e. The van der Waals surface area contributed by atoms with Gasteiger partial charge >= 0.3 is 11.7 Å². The predicted octanol–water partition coefficient (Wildman–Crippen LogP) is -0.168. The highest BCUT2D eigenvalue weighted by atomic mass is 32.2. The Morgan fingerprint density at radius 2 is 2.14 bits per heavy atom. The Bertz CT molecular complexity index is 639. The molecule has 9 heteroatoms. The summed E-state index contributed by atoms with van der Waals surface area (Å²) in [5, 5.41) is 8.96. The molecule has 1 aromatic heterocycles. The quantitative estimate of drug-likeness (QED) is 0.709. The Kier molecular flexibility index (Phi) is 4.51. The van der Waals surface area contributed by atoms with E-state index in [1.54, 1.807) is 0 Å². The highest BCUT2D eigenvalue weighted by molar-refractivity contribution is 8.00. The van der Waals surface area contributed by atoms with E-state index in [1.165, 1.54) is 16.7 Å². The van der Waals surface area contributed by atoms with Gasteiger partial charge in [-0.1, -0.05) is 13.3 Å². The van der Waals surface area contributed by atoms with E-state index < -0.39 is 29.2 Å². The summed E-state index contributed by atoms with van der Waals surface area (Å²) in [5.74, 6) is -1.45. The Morgan fingerprint density at radius 1 is 1.43 bits per heavy atom. The number of aliphatic carboxylic acids is 1. The van der Waals surface area contributed by atoms with Gasteiger partial charge in [0.25, 0.3) is 11.5 Å². The molecule has 1 amide bonds. The molecule has 21 heavy (non-hydrogen) atoms. The van der Waals surface area contributed by atoms with Crippen molar-refractivity contribution < 1.29 is 14.7 Å². The molecular weight excluding hydrogens is 298 g/mol. The molecule has 0 aliphatic carbocycles. The Morgan fingerprint density at radius 3 is 2.71 bits per heavy atom. The molecule has 1 aliphatic rings. The average Bonchev–Trinajstić information content (AvgIpc) is 2.81. The number of thioether (sulfide) groups is 1. The van der Waals surface area contributed by atoms with Crippen LogP contribution in [0.3, 0.4) is 0 Å². The molecular formula is C12H15N3O5S. The largest absolute Gasteiger partial charge is 0.480 e. The maximum atomic E-state index is 12.5. The number of amides is 1. The van der Waals surface area contributed by atoms with Gasteiger partial charge in [-0.25, -0.2) is 9.59 Å². The molecule has 0 aromatic carbocycles. The highest BCUT2D eigenvalue weighted by Gasteiger charge is 2.41. The second-order valence-corrected chi connectivity index (χ2v) is 5.86. The van der Waals surface area contributed by atoms with Gasteiger partial charge in [-0.3, -0.25) is 14.6 Å². The second-order valence-electron chi connectivity index (χ2n) is 4.64. The van der Waals surface area contributed by atoms with Crippen LogP contribution in [0.15, 0.2) is 15.7 Å². The minimum Gasteiger partial charge on any atom is -0.480 e. The number of H-pyrrole nitrogens is 2. The smallest absolute Gasteiger partial charge is 0.327 e. The fourth-order valence-corrected chi connectivity index (χ4v) is 3.73. The van der Waals surface area contributed by atoms with E-state index in [9.17, 15) is 24.3 Å². The van der Waals surface area contributed by atoms with Crippen molar-refractivity contribution in [1.82, 2.24) is 14.9 Å². The van der Waals surface area contributed by atoms with Gasteiger partial charge in [-0.15, -0.1) is 11.8 Å². The van der Waals surface area contributed by atoms with Crippen molar-refractivity contribution >= 4 is 23.6 Å². The first-order valence-corrected chi connectivity index (χ1v) is 7.49. The molecule has 1 aliphatic heterocycles. The molecule has 3 N–H and O–H groups in total. The van der Waals surface area contributed by atoms with Crippen LogP contribution >= 0.6 is 11.8 Å². The lowest BCUT2D eigenvalue weighted by atomic mass is 10.2. The first kappa shape index (κ1) is 15.4. The summed E-state index contributed by atoms with van der Waals surface area (Å²) < 4.78 is 0. The number of nitrogens with one attached hydrogen (secondary N) is 2. The lowest BCUT2D eigenvalue weighted by Gasteiger charge is -2.26. The zero-order valence-corrected chi connectivity index (χ0v) is 12.1. The van der Waals surface area contributed by atoms with E-state index in [-0.39, 0.29) is 11.1 Å². The summed E-state index contributed by atoms with van der Waals surface area (Å²) in [6, 6.07) is 0.0103. The van der Waals surface area contributed by atoms with Crippen LogP contribution in [0.2, 0.25) is 0 Å². The van der Waals surface area contributed by atoms with E-state index >= 15 is 0 Å². The van der Waals surface area contributed by atoms with Crippen molar-refractivity contribution in [3.8, 4) is 0 Å². The van der Waals surface area contributed by atoms with Crippen LogP contribution in [-0.4, -0.2) is 49.0 Å². The standard InChI is InChI=1S/C12H15N3O5S/c1-2-3-9-15(7(5-21-9)11(18)19)10(17)6-4-8(16)14-12(20)13-6/h4,7,9H,2-3,5H2,1H3,(H,18,19)(H2,13,14,16,20). The van der Waals surface area contributed by atoms with Gasteiger partial charge in [-0.2, -0.15) is 0 Å². The third-order valence-corrected chi connectivity index (χ3v) is 4.49. The third-order valence-electron chi connectivity index (χ3n) is 3.14. The van der Waals surface area contributed by atoms with Crippen LogP contribution in [-0.2, 0) is 4.79 Å². The number of aromatic amines is 2. The van der Waals surface area contributed by atoms with Gasteiger partial charge in [0.05, 0.1) is 5.37 Å². The number of carbonyl (C=O) groups is 2. The van der Waals surface area contributed by atoms with Crippen molar-refractivity contribution in [2.45, 2.75) is 31.2 Å². The van der Waals surface area contributed by atoms with E-state index in [0.29, 0.717) is 12.2 Å². The molecule has 0 radical (unpaired) electrons. The monoisotopic (exact) mass is 313 g/mol. The summed E-state index contributed by atoms with van der Waals surface area (Å²) in [6.45, 7) is 1.94. The van der Waals surface area contributed by atoms with Crippen molar-refractivity contribution in [2.24, 2.45) is 0 Å². The molecule has 2 unspecified atom stereocenters. The number of carboxylic acid groups (broad SMARTS) is 1. The second kappa shape index (κ2) is 6.17. The number of nitrogens with zero attached hydrogens (tertiary/aromatic N) is 1. The fraction of sp³-hybridized carbons (Fsp3) is 0.500. The van der Waals surface area contributed by atoms with Crippen LogP contribution < -0.4 is 11.2 Å². The highest BCUT2D eigenvalue weighted by Crippen LogP contribution is 2.33. The zero-order valence-electron chi connectivity index (χ0n) is 11.3. The summed E-state index contributed by atoms with van der Waals surface area (Å²) in [5.41, 5.74) is -1.69. The van der Waals surface area contributed by atoms with E-state index in [4.69, 9.17) is 0 Å². The Labute approximate surface area is 123 Å². The van der Waals surface area contributed by atoms with E-state index in [0.717, 1.165) is 12.5 Å². The van der Waals surface area contributed by atoms with Gasteiger partial charge in [0.1, 0.15) is 11.7 Å². The molecule has 0 spiro atoms. The Balaban J connectivity index is 2.38. The van der Waals surface area contributed by atoms with Gasteiger partial charge in [0, 0.05) is 11.8 Å². The summed E-state index contributed by atoms with van der Waals surface area (Å²) in [4.78, 5) is 51.7. The van der Waals surface area contributed by atoms with Crippen LogP contribution in [0.5, 0.6) is 0 Å². The lowest BCUT2D eigenvalue weighted by Crippen LogP contribution is -2.46. The van der Waals surface area contributed by atoms with Crippen LogP contribution in [0.4, 0.5) is 0 Å². The topological polar surface area (TPSA) is 123 Å².